The van der Waals surface area contributed by atoms with Crippen LogP contribution in [0.4, 0.5) is 11.1 Å². The lowest BCUT2D eigenvalue weighted by atomic mass is 10.2. The second-order valence-electron chi connectivity index (χ2n) is 7.05. The van der Waals surface area contributed by atoms with Crippen LogP contribution in [0.25, 0.3) is 10.2 Å². The normalized spacial score (nSPS) is 11.9. The maximum absolute atomic E-state index is 12.4. The predicted molar refractivity (Wildman–Crippen MR) is 125 cm³/mol. The number of hydrogen-bond donors (Lipinski definition) is 3. The molecule has 3 aromatic heterocycles. The Balaban J connectivity index is 1.28. The van der Waals surface area contributed by atoms with E-state index in [9.17, 15) is 4.79 Å². The molecule has 4 rings (SSSR count). The molecule has 0 bridgehead atoms. The van der Waals surface area contributed by atoms with E-state index in [0.717, 1.165) is 33.3 Å². The Hall–Kier alpha value is -3.25. The summed E-state index contributed by atoms with van der Waals surface area (Å²) in [6.45, 7) is 3.83. The van der Waals surface area contributed by atoms with Gasteiger partial charge in [-0.3, -0.25) is 4.79 Å². The number of nitrogens with zero attached hydrogens (tertiary/aromatic N) is 5. The minimum absolute atomic E-state index is 0.202. The third-order valence-electron chi connectivity index (χ3n) is 4.54. The summed E-state index contributed by atoms with van der Waals surface area (Å²) in [7, 11) is 0. The highest BCUT2D eigenvalue weighted by Crippen LogP contribution is 2.27. The highest BCUT2D eigenvalue weighted by Gasteiger charge is 2.11. The Morgan fingerprint density at radius 3 is 2.75 bits per heavy atom. The van der Waals surface area contributed by atoms with Gasteiger partial charge in [-0.15, -0.1) is 11.8 Å². The van der Waals surface area contributed by atoms with Crippen molar-refractivity contribution in [3.8, 4) is 0 Å². The smallest absolute Gasteiger partial charge is 0.251 e. The predicted octanol–water partition coefficient (Wildman–Crippen LogP) is 3.28. The summed E-state index contributed by atoms with van der Waals surface area (Å²) in [6.07, 6.45) is 6.84. The molecule has 0 saturated heterocycles. The van der Waals surface area contributed by atoms with E-state index in [4.69, 9.17) is 0 Å². The number of aromatic nitrogens is 5. The van der Waals surface area contributed by atoms with Crippen molar-refractivity contribution >= 4 is 50.3 Å². The summed E-state index contributed by atoms with van der Waals surface area (Å²) in [6, 6.07) is 5.44. The molecule has 32 heavy (non-hydrogen) atoms. The number of thiazole rings is 1. The van der Waals surface area contributed by atoms with Crippen LogP contribution in [0.2, 0.25) is 0 Å². The van der Waals surface area contributed by atoms with Gasteiger partial charge in [0, 0.05) is 35.9 Å². The molecule has 0 radical (unpaired) electrons. The number of hydrogen-bond acceptors (Lipinski definition) is 11. The van der Waals surface area contributed by atoms with Crippen LogP contribution in [-0.4, -0.2) is 50.3 Å². The molecule has 166 valence electrons. The van der Waals surface area contributed by atoms with E-state index in [-0.39, 0.29) is 12.5 Å². The molecule has 3 heterocycles. The molecule has 0 fully saturated rings. The van der Waals surface area contributed by atoms with Gasteiger partial charge in [-0.25, -0.2) is 15.0 Å². The molecule has 12 heteroatoms. The minimum Gasteiger partial charge on any atom is -0.361 e. The van der Waals surface area contributed by atoms with Gasteiger partial charge in [0.05, 0.1) is 16.8 Å². The molecule has 0 aliphatic rings. The lowest BCUT2D eigenvalue weighted by Crippen LogP contribution is -2.23. The monoisotopic (exact) mass is 470 g/mol. The van der Waals surface area contributed by atoms with E-state index >= 15 is 0 Å². The van der Waals surface area contributed by atoms with Crippen molar-refractivity contribution in [2.75, 3.05) is 30.0 Å². The SMILES string of the molecule is CSc1cnc(NC[C@H](C)CNc2nc3ccc(C(=O)NCc4ncon4)cc3s2)nc1. The van der Waals surface area contributed by atoms with E-state index in [1.54, 1.807) is 17.8 Å². The average Bonchev–Trinajstić information content (AvgIpc) is 3.49. The average molecular weight is 471 g/mol. The summed E-state index contributed by atoms with van der Waals surface area (Å²) in [5.41, 5.74) is 1.40. The van der Waals surface area contributed by atoms with Crippen LogP contribution in [0.1, 0.15) is 23.1 Å². The number of fused-ring (bicyclic) bond motifs is 1. The molecule has 0 unspecified atom stereocenters. The molecule has 0 saturated carbocycles. The molecule has 0 aliphatic carbocycles. The molecular weight excluding hydrogens is 448 g/mol. The summed E-state index contributed by atoms with van der Waals surface area (Å²) >= 11 is 3.13. The van der Waals surface area contributed by atoms with E-state index in [1.165, 1.54) is 17.7 Å². The first-order valence-corrected chi connectivity index (χ1v) is 11.9. The number of amides is 1. The Kier molecular flexibility index (Phi) is 7.12. The van der Waals surface area contributed by atoms with Crippen LogP contribution < -0.4 is 16.0 Å². The van der Waals surface area contributed by atoms with Crippen molar-refractivity contribution in [3.05, 3.63) is 48.4 Å². The van der Waals surface area contributed by atoms with Crippen LogP contribution in [-0.2, 0) is 6.54 Å². The van der Waals surface area contributed by atoms with Gasteiger partial charge in [0.15, 0.2) is 11.0 Å². The third-order valence-corrected chi connectivity index (χ3v) is 6.20. The molecule has 0 aliphatic heterocycles. The van der Waals surface area contributed by atoms with Gasteiger partial charge in [-0.2, -0.15) is 4.98 Å². The van der Waals surface area contributed by atoms with Gasteiger partial charge < -0.3 is 20.5 Å². The summed E-state index contributed by atoms with van der Waals surface area (Å²) in [5.74, 6) is 1.18. The van der Waals surface area contributed by atoms with Crippen molar-refractivity contribution < 1.29 is 9.32 Å². The molecular formula is C20H22N8O2S2. The van der Waals surface area contributed by atoms with Crippen molar-refractivity contribution in [2.45, 2.75) is 18.4 Å². The highest BCUT2D eigenvalue weighted by atomic mass is 32.2. The van der Waals surface area contributed by atoms with Gasteiger partial charge >= 0.3 is 0 Å². The highest BCUT2D eigenvalue weighted by molar-refractivity contribution is 7.98. The summed E-state index contributed by atoms with van der Waals surface area (Å²) in [5, 5.41) is 13.9. The van der Waals surface area contributed by atoms with E-state index in [1.807, 2.05) is 30.8 Å². The zero-order valence-corrected chi connectivity index (χ0v) is 19.2. The first kappa shape index (κ1) is 22.0. The lowest BCUT2D eigenvalue weighted by molar-refractivity contribution is 0.0950. The molecule has 3 N–H and O–H groups in total. The van der Waals surface area contributed by atoms with Gasteiger partial charge in [0.2, 0.25) is 12.3 Å². The fourth-order valence-corrected chi connectivity index (χ4v) is 4.01. The van der Waals surface area contributed by atoms with Gasteiger partial charge in [0.1, 0.15) is 0 Å². The van der Waals surface area contributed by atoms with Crippen molar-refractivity contribution in [1.82, 2.24) is 30.4 Å². The van der Waals surface area contributed by atoms with Crippen LogP contribution >= 0.6 is 23.1 Å². The quantitative estimate of drug-likeness (QED) is 0.297. The zero-order valence-electron chi connectivity index (χ0n) is 17.5. The zero-order chi connectivity index (χ0) is 22.3. The lowest BCUT2D eigenvalue weighted by Gasteiger charge is -2.13. The van der Waals surface area contributed by atoms with Crippen LogP contribution in [0.15, 0.2) is 46.4 Å². The van der Waals surface area contributed by atoms with Crippen molar-refractivity contribution in [2.24, 2.45) is 5.92 Å². The number of carbonyl (C=O) groups is 1. The number of carbonyl (C=O) groups excluding carboxylic acids is 1. The molecule has 10 nitrogen and oxygen atoms in total. The Labute approximate surface area is 192 Å². The number of anilines is 2. The maximum atomic E-state index is 12.4. The number of thioether (sulfide) groups is 1. The molecule has 1 amide bonds. The van der Waals surface area contributed by atoms with Gasteiger partial charge in [0.25, 0.3) is 5.91 Å². The Morgan fingerprint density at radius 2 is 2.00 bits per heavy atom. The van der Waals surface area contributed by atoms with Crippen molar-refractivity contribution in [1.29, 1.82) is 0 Å². The maximum Gasteiger partial charge on any atom is 0.251 e. The van der Waals surface area contributed by atoms with Gasteiger partial charge in [-0.05, 0) is 30.4 Å². The Bertz CT molecular complexity index is 1160. The fraction of sp³-hybridized carbons (Fsp3) is 0.300. The summed E-state index contributed by atoms with van der Waals surface area (Å²) in [4.78, 5) is 30.5. The van der Waals surface area contributed by atoms with Gasteiger partial charge in [-0.1, -0.05) is 23.4 Å². The first-order valence-electron chi connectivity index (χ1n) is 9.88. The summed E-state index contributed by atoms with van der Waals surface area (Å²) < 4.78 is 5.60. The number of rotatable bonds is 10. The minimum atomic E-state index is -0.202. The van der Waals surface area contributed by atoms with E-state index in [2.05, 4.69) is 52.5 Å². The van der Waals surface area contributed by atoms with E-state index in [0.29, 0.717) is 23.3 Å². The molecule has 1 atom stereocenters. The number of nitrogens with one attached hydrogen (secondary N) is 3. The third kappa shape index (κ3) is 5.71. The van der Waals surface area contributed by atoms with Crippen LogP contribution in [0.5, 0.6) is 0 Å². The Morgan fingerprint density at radius 1 is 1.19 bits per heavy atom. The number of benzene rings is 1. The van der Waals surface area contributed by atoms with E-state index < -0.39 is 0 Å². The standard InChI is InChI=1S/C20H22N8O2S2/c1-12(6-22-19-23-8-14(31-2)9-24-19)7-25-20-27-15-4-3-13(5-16(15)32-20)18(29)21-10-17-26-11-30-28-17/h3-5,8-9,11-12H,6-7,10H2,1-2H3,(H,21,29)(H,25,27)(H,22,23,24)/t12-/m0/s1. The second-order valence-corrected chi connectivity index (χ2v) is 8.96. The second kappa shape index (κ2) is 10.4. The topological polar surface area (TPSA) is 131 Å². The largest absolute Gasteiger partial charge is 0.361 e. The molecule has 0 spiro atoms. The van der Waals surface area contributed by atoms with Crippen molar-refractivity contribution in [3.63, 3.8) is 0 Å². The fourth-order valence-electron chi connectivity index (χ4n) is 2.79. The molecule has 1 aromatic carbocycles. The van der Waals surface area contributed by atoms with Crippen LogP contribution in [0, 0.1) is 5.92 Å². The van der Waals surface area contributed by atoms with Crippen LogP contribution in [0.3, 0.4) is 0 Å². The first-order chi connectivity index (χ1) is 15.6. The molecule has 4 aromatic rings.